The third-order valence-electron chi connectivity index (χ3n) is 2.53. The van der Waals surface area contributed by atoms with Crippen molar-refractivity contribution in [3.05, 3.63) is 54.1 Å². The average Bonchev–Trinajstić information content (AvgIpc) is 2.40. The molecule has 1 aromatic carbocycles. The smallest absolute Gasteiger partial charge is 0.406 e. The van der Waals surface area contributed by atoms with Crippen LogP contribution in [0.1, 0.15) is 17.4 Å². The van der Waals surface area contributed by atoms with Crippen LogP contribution < -0.4 is 10.5 Å². The van der Waals surface area contributed by atoms with E-state index in [-0.39, 0.29) is 5.75 Å². The van der Waals surface area contributed by atoms with Gasteiger partial charge in [-0.3, -0.25) is 0 Å². The van der Waals surface area contributed by atoms with E-state index in [9.17, 15) is 13.2 Å². The molecule has 0 spiro atoms. The van der Waals surface area contributed by atoms with E-state index in [1.54, 1.807) is 18.5 Å². The lowest BCUT2D eigenvalue weighted by atomic mass is 10.1. The van der Waals surface area contributed by atoms with Crippen LogP contribution in [0.4, 0.5) is 13.2 Å². The van der Waals surface area contributed by atoms with Crippen molar-refractivity contribution in [2.45, 2.75) is 18.8 Å². The fourth-order valence-electron chi connectivity index (χ4n) is 1.67. The normalized spacial score (nSPS) is 13.0. The topological polar surface area (TPSA) is 61.0 Å². The monoisotopic (exact) mass is 283 g/mol. The Kier molecular flexibility index (Phi) is 4.19. The fraction of sp³-hybridized carbons (Fsp3) is 0.231. The number of hydrogen-bond acceptors (Lipinski definition) is 4. The second kappa shape index (κ2) is 5.87. The number of nitrogens with two attached hydrogens (primary N) is 1. The van der Waals surface area contributed by atoms with Gasteiger partial charge in [0.05, 0.1) is 6.04 Å². The highest BCUT2D eigenvalue weighted by molar-refractivity contribution is 5.28. The largest absolute Gasteiger partial charge is 0.573 e. The molecule has 0 saturated heterocycles. The molecule has 7 heteroatoms. The lowest BCUT2D eigenvalue weighted by Crippen LogP contribution is -2.17. The van der Waals surface area contributed by atoms with E-state index in [4.69, 9.17) is 5.73 Å². The highest BCUT2D eigenvalue weighted by Gasteiger charge is 2.30. The minimum absolute atomic E-state index is 0.259. The summed E-state index contributed by atoms with van der Waals surface area (Å²) in [6.07, 6.45) is -1.09. The van der Waals surface area contributed by atoms with E-state index in [1.165, 1.54) is 24.3 Å². The molecule has 4 nitrogen and oxygen atoms in total. The standard InChI is InChI=1S/C13H12F3N3O/c14-13(15,16)20-10-4-2-9(3-5-10)8-11(17)12-18-6-1-7-19-12/h1-7,11H,8,17H2. The third-order valence-corrected chi connectivity index (χ3v) is 2.53. The van der Waals surface area contributed by atoms with Crippen LogP contribution in [0.3, 0.4) is 0 Å². The molecule has 0 aliphatic heterocycles. The molecule has 0 saturated carbocycles. The summed E-state index contributed by atoms with van der Waals surface area (Å²) in [5, 5.41) is 0. The Bertz CT molecular complexity index is 543. The Hall–Kier alpha value is -2.15. The molecule has 1 aromatic heterocycles. The number of benzene rings is 1. The summed E-state index contributed by atoms with van der Waals surface area (Å²) in [6, 6.07) is 6.83. The van der Waals surface area contributed by atoms with Crippen molar-refractivity contribution in [2.24, 2.45) is 5.73 Å². The SMILES string of the molecule is NC(Cc1ccc(OC(F)(F)F)cc1)c1ncccn1. The van der Waals surface area contributed by atoms with E-state index in [0.29, 0.717) is 12.2 Å². The Morgan fingerprint density at radius 1 is 1.10 bits per heavy atom. The van der Waals surface area contributed by atoms with Gasteiger partial charge in [-0.2, -0.15) is 0 Å². The van der Waals surface area contributed by atoms with Crippen LogP contribution in [0.15, 0.2) is 42.7 Å². The first-order valence-electron chi connectivity index (χ1n) is 5.81. The number of nitrogens with zero attached hydrogens (tertiary/aromatic N) is 2. The van der Waals surface area contributed by atoms with Crippen molar-refractivity contribution >= 4 is 0 Å². The summed E-state index contributed by atoms with van der Waals surface area (Å²) >= 11 is 0. The summed E-state index contributed by atoms with van der Waals surface area (Å²) in [4.78, 5) is 8.06. The molecule has 0 fully saturated rings. The number of hydrogen-bond donors (Lipinski definition) is 1. The molecule has 1 heterocycles. The predicted octanol–water partition coefficient (Wildman–Crippen LogP) is 2.62. The Morgan fingerprint density at radius 2 is 1.70 bits per heavy atom. The average molecular weight is 283 g/mol. The van der Waals surface area contributed by atoms with Gasteiger partial charge in [-0.1, -0.05) is 12.1 Å². The molecule has 1 atom stereocenters. The van der Waals surface area contributed by atoms with E-state index < -0.39 is 12.4 Å². The minimum atomic E-state index is -4.68. The molecule has 0 aliphatic rings. The summed E-state index contributed by atoms with van der Waals surface area (Å²) in [5.74, 6) is 0.230. The second-order valence-corrected chi connectivity index (χ2v) is 4.11. The van der Waals surface area contributed by atoms with Crippen molar-refractivity contribution in [3.63, 3.8) is 0 Å². The molecule has 0 radical (unpaired) electrons. The van der Waals surface area contributed by atoms with Crippen molar-refractivity contribution < 1.29 is 17.9 Å². The molecule has 20 heavy (non-hydrogen) atoms. The molecule has 0 amide bonds. The van der Waals surface area contributed by atoms with Gasteiger partial charge >= 0.3 is 6.36 Å². The molecule has 0 bridgehead atoms. The van der Waals surface area contributed by atoms with Gasteiger partial charge in [0.25, 0.3) is 0 Å². The number of aromatic nitrogens is 2. The van der Waals surface area contributed by atoms with Gasteiger partial charge in [0, 0.05) is 12.4 Å². The Balaban J connectivity index is 2.00. The van der Waals surface area contributed by atoms with Gasteiger partial charge in [-0.05, 0) is 30.2 Å². The van der Waals surface area contributed by atoms with Crippen molar-refractivity contribution in [1.82, 2.24) is 9.97 Å². The predicted molar refractivity (Wildman–Crippen MR) is 65.8 cm³/mol. The van der Waals surface area contributed by atoms with Gasteiger partial charge in [0.2, 0.25) is 0 Å². The van der Waals surface area contributed by atoms with E-state index in [2.05, 4.69) is 14.7 Å². The highest BCUT2D eigenvalue weighted by Crippen LogP contribution is 2.23. The molecule has 106 valence electrons. The first kappa shape index (κ1) is 14.3. The zero-order chi connectivity index (χ0) is 14.6. The van der Waals surface area contributed by atoms with Crippen LogP contribution in [0.5, 0.6) is 5.75 Å². The van der Waals surface area contributed by atoms with Crippen molar-refractivity contribution in [3.8, 4) is 5.75 Å². The van der Waals surface area contributed by atoms with Crippen molar-refractivity contribution in [1.29, 1.82) is 0 Å². The lowest BCUT2D eigenvalue weighted by Gasteiger charge is -2.11. The maximum absolute atomic E-state index is 12.0. The molecule has 2 N–H and O–H groups in total. The van der Waals surface area contributed by atoms with Gasteiger partial charge in [-0.25, -0.2) is 9.97 Å². The zero-order valence-corrected chi connectivity index (χ0v) is 10.3. The molecule has 1 unspecified atom stereocenters. The summed E-state index contributed by atoms with van der Waals surface area (Å²) in [6.45, 7) is 0. The molecule has 2 aromatic rings. The Labute approximate surface area is 113 Å². The molecular formula is C13H12F3N3O. The molecular weight excluding hydrogens is 271 g/mol. The maximum Gasteiger partial charge on any atom is 0.573 e. The fourth-order valence-corrected chi connectivity index (χ4v) is 1.67. The minimum Gasteiger partial charge on any atom is -0.406 e. The maximum atomic E-state index is 12.0. The molecule has 0 aliphatic carbocycles. The van der Waals surface area contributed by atoms with Gasteiger partial charge in [-0.15, -0.1) is 13.2 Å². The van der Waals surface area contributed by atoms with Crippen LogP contribution >= 0.6 is 0 Å². The summed E-state index contributed by atoms with van der Waals surface area (Å²) in [5.41, 5.74) is 6.71. The van der Waals surface area contributed by atoms with E-state index >= 15 is 0 Å². The first-order chi connectivity index (χ1) is 9.44. The van der Waals surface area contributed by atoms with E-state index in [1.807, 2.05) is 0 Å². The van der Waals surface area contributed by atoms with Crippen LogP contribution in [-0.2, 0) is 6.42 Å². The van der Waals surface area contributed by atoms with Crippen LogP contribution in [0, 0.1) is 0 Å². The Morgan fingerprint density at radius 3 is 2.25 bits per heavy atom. The molecule has 2 rings (SSSR count). The second-order valence-electron chi connectivity index (χ2n) is 4.11. The number of halogens is 3. The zero-order valence-electron chi connectivity index (χ0n) is 10.3. The van der Waals surface area contributed by atoms with Crippen LogP contribution in [-0.4, -0.2) is 16.3 Å². The summed E-state index contributed by atoms with van der Waals surface area (Å²) < 4.78 is 39.8. The number of rotatable bonds is 4. The van der Waals surface area contributed by atoms with Crippen LogP contribution in [0.25, 0.3) is 0 Å². The first-order valence-corrected chi connectivity index (χ1v) is 5.81. The van der Waals surface area contributed by atoms with Gasteiger partial charge in [0.1, 0.15) is 11.6 Å². The van der Waals surface area contributed by atoms with Gasteiger partial charge < -0.3 is 10.5 Å². The van der Waals surface area contributed by atoms with Crippen LogP contribution in [0.2, 0.25) is 0 Å². The number of alkyl halides is 3. The van der Waals surface area contributed by atoms with Crippen molar-refractivity contribution in [2.75, 3.05) is 0 Å². The quantitative estimate of drug-likeness (QED) is 0.937. The van der Waals surface area contributed by atoms with E-state index in [0.717, 1.165) is 5.56 Å². The number of ether oxygens (including phenoxy) is 1. The third kappa shape index (κ3) is 4.20. The summed E-state index contributed by atoms with van der Waals surface area (Å²) in [7, 11) is 0. The lowest BCUT2D eigenvalue weighted by molar-refractivity contribution is -0.274. The highest BCUT2D eigenvalue weighted by atomic mass is 19.4. The van der Waals surface area contributed by atoms with Gasteiger partial charge in [0.15, 0.2) is 0 Å².